The largest absolute Gasteiger partial charge is 0.457 e. The van der Waals surface area contributed by atoms with E-state index in [0.29, 0.717) is 10.8 Å². The molecule has 104 valence electrons. The van der Waals surface area contributed by atoms with Crippen LogP contribution in [0.4, 0.5) is 0 Å². The van der Waals surface area contributed by atoms with Crippen molar-refractivity contribution >= 4 is 23.6 Å². The highest BCUT2D eigenvalue weighted by Crippen LogP contribution is 2.14. The third-order valence-electron chi connectivity index (χ3n) is 2.82. The van der Waals surface area contributed by atoms with Crippen molar-refractivity contribution in [2.75, 3.05) is 0 Å². The summed E-state index contributed by atoms with van der Waals surface area (Å²) in [5.41, 5.74) is 2.42. The summed E-state index contributed by atoms with van der Waals surface area (Å²) in [6.07, 6.45) is 3.05. The maximum atomic E-state index is 11.6. The van der Waals surface area contributed by atoms with Crippen molar-refractivity contribution in [1.29, 1.82) is 0 Å². The van der Waals surface area contributed by atoms with Gasteiger partial charge in [0, 0.05) is 11.1 Å². The first-order valence-electron chi connectivity index (χ1n) is 6.08. The quantitative estimate of drug-likeness (QED) is 0.636. The van der Waals surface area contributed by atoms with E-state index in [4.69, 9.17) is 20.9 Å². The molecule has 2 aromatic rings. The van der Waals surface area contributed by atoms with Crippen LogP contribution < -0.4 is 0 Å². The van der Waals surface area contributed by atoms with E-state index in [1.165, 1.54) is 6.08 Å². The Balaban J connectivity index is 1.91. The van der Waals surface area contributed by atoms with Crippen molar-refractivity contribution in [3.05, 3.63) is 57.9 Å². The Labute approximate surface area is 122 Å². The average Bonchev–Trinajstić information content (AvgIpc) is 2.75. The second-order valence-electron chi connectivity index (χ2n) is 4.30. The van der Waals surface area contributed by atoms with Crippen LogP contribution in [-0.2, 0) is 16.1 Å². The van der Waals surface area contributed by atoms with Crippen molar-refractivity contribution in [3.8, 4) is 0 Å². The van der Waals surface area contributed by atoms with Gasteiger partial charge in [-0.2, -0.15) is 0 Å². The van der Waals surface area contributed by atoms with E-state index in [-0.39, 0.29) is 6.61 Å². The van der Waals surface area contributed by atoms with Gasteiger partial charge < -0.3 is 9.26 Å². The molecule has 1 aromatic carbocycles. The zero-order chi connectivity index (χ0) is 14.5. The summed E-state index contributed by atoms with van der Waals surface area (Å²) in [5, 5.41) is 4.45. The summed E-state index contributed by atoms with van der Waals surface area (Å²) in [6, 6.07) is 7.16. The Morgan fingerprint density at radius 3 is 2.65 bits per heavy atom. The lowest BCUT2D eigenvalue weighted by atomic mass is 10.2. The van der Waals surface area contributed by atoms with Crippen molar-refractivity contribution < 1.29 is 14.1 Å². The zero-order valence-electron chi connectivity index (χ0n) is 11.2. The van der Waals surface area contributed by atoms with Crippen LogP contribution >= 0.6 is 11.6 Å². The minimum Gasteiger partial charge on any atom is -0.457 e. The number of benzene rings is 1. The van der Waals surface area contributed by atoms with Gasteiger partial charge in [0.2, 0.25) is 0 Å². The van der Waals surface area contributed by atoms with Gasteiger partial charge in [-0.15, -0.1) is 0 Å². The van der Waals surface area contributed by atoms with E-state index in [1.54, 1.807) is 25.1 Å². The summed E-state index contributed by atoms with van der Waals surface area (Å²) in [7, 11) is 0. The Bertz CT molecular complexity index is 610. The highest BCUT2D eigenvalue weighted by atomic mass is 35.5. The first-order chi connectivity index (χ1) is 9.56. The second kappa shape index (κ2) is 6.39. The molecule has 0 N–H and O–H groups in total. The number of halogens is 1. The summed E-state index contributed by atoms with van der Waals surface area (Å²) in [4.78, 5) is 11.6. The van der Waals surface area contributed by atoms with Crippen LogP contribution in [0.1, 0.15) is 22.6 Å². The smallest absolute Gasteiger partial charge is 0.331 e. The van der Waals surface area contributed by atoms with Crippen LogP contribution in [-0.4, -0.2) is 11.1 Å². The molecule has 0 radical (unpaired) electrons. The molecule has 0 atom stereocenters. The summed E-state index contributed by atoms with van der Waals surface area (Å²) < 4.78 is 10.1. The zero-order valence-corrected chi connectivity index (χ0v) is 12.0. The number of carbonyl (C=O) groups is 1. The first-order valence-corrected chi connectivity index (χ1v) is 6.46. The Hall–Kier alpha value is -2.07. The number of aryl methyl sites for hydroxylation is 2. The van der Waals surface area contributed by atoms with Gasteiger partial charge in [-0.25, -0.2) is 4.79 Å². The Morgan fingerprint density at radius 1 is 1.35 bits per heavy atom. The lowest BCUT2D eigenvalue weighted by Gasteiger charge is -2.01. The van der Waals surface area contributed by atoms with Crippen molar-refractivity contribution in [2.45, 2.75) is 20.5 Å². The molecule has 0 unspecified atom stereocenters. The van der Waals surface area contributed by atoms with Crippen molar-refractivity contribution in [2.24, 2.45) is 0 Å². The van der Waals surface area contributed by atoms with Crippen molar-refractivity contribution in [3.63, 3.8) is 0 Å². The number of nitrogens with zero attached hydrogens (tertiary/aromatic N) is 1. The Morgan fingerprint density at radius 2 is 2.05 bits per heavy atom. The highest BCUT2D eigenvalue weighted by molar-refractivity contribution is 6.30. The highest BCUT2D eigenvalue weighted by Gasteiger charge is 2.10. The molecule has 1 heterocycles. The molecule has 0 aliphatic carbocycles. The number of carbonyl (C=O) groups excluding carboxylic acids is 1. The lowest BCUT2D eigenvalue weighted by Crippen LogP contribution is -2.02. The summed E-state index contributed by atoms with van der Waals surface area (Å²) in [6.45, 7) is 3.75. The molecular formula is C15H14ClNO3. The van der Waals surface area contributed by atoms with Crippen LogP contribution in [0.5, 0.6) is 0 Å². The maximum Gasteiger partial charge on any atom is 0.331 e. The predicted octanol–water partition coefficient (Wildman–Crippen LogP) is 3.70. The van der Waals surface area contributed by atoms with Gasteiger partial charge in [-0.05, 0) is 37.6 Å². The van der Waals surface area contributed by atoms with Gasteiger partial charge in [0.25, 0.3) is 0 Å². The molecule has 2 rings (SSSR count). The van der Waals surface area contributed by atoms with Crippen LogP contribution in [0.2, 0.25) is 5.02 Å². The number of aromatic nitrogens is 1. The molecule has 4 nitrogen and oxygen atoms in total. The number of rotatable bonds is 4. The van der Waals surface area contributed by atoms with E-state index in [0.717, 1.165) is 16.8 Å². The molecule has 0 spiro atoms. The van der Waals surface area contributed by atoms with E-state index in [2.05, 4.69) is 5.16 Å². The molecule has 1 aromatic heterocycles. The summed E-state index contributed by atoms with van der Waals surface area (Å²) >= 11 is 5.78. The molecule has 20 heavy (non-hydrogen) atoms. The third kappa shape index (κ3) is 3.71. The van der Waals surface area contributed by atoms with E-state index >= 15 is 0 Å². The van der Waals surface area contributed by atoms with Gasteiger partial charge >= 0.3 is 5.97 Å². The van der Waals surface area contributed by atoms with E-state index in [9.17, 15) is 4.79 Å². The van der Waals surface area contributed by atoms with E-state index < -0.39 is 5.97 Å². The number of ether oxygens (including phenoxy) is 1. The molecular weight excluding hydrogens is 278 g/mol. The standard InChI is InChI=1S/C15H14ClNO3/c1-10-14(11(2)20-17-10)9-19-15(18)8-5-12-3-6-13(16)7-4-12/h3-8H,9H2,1-2H3/b8-5+. The molecule has 0 bridgehead atoms. The van der Waals surface area contributed by atoms with Crippen LogP contribution in [0.3, 0.4) is 0 Å². The number of esters is 1. The topological polar surface area (TPSA) is 52.3 Å². The van der Waals surface area contributed by atoms with Crippen LogP contribution in [0, 0.1) is 13.8 Å². The SMILES string of the molecule is Cc1noc(C)c1COC(=O)/C=C/c1ccc(Cl)cc1. The van der Waals surface area contributed by atoms with Gasteiger partial charge in [0.05, 0.1) is 11.3 Å². The first kappa shape index (κ1) is 14.3. The van der Waals surface area contributed by atoms with Crippen LogP contribution in [0.25, 0.3) is 6.08 Å². The average molecular weight is 292 g/mol. The van der Waals surface area contributed by atoms with Gasteiger partial charge in [-0.3, -0.25) is 0 Å². The van der Waals surface area contributed by atoms with Gasteiger partial charge in [0.15, 0.2) is 0 Å². The molecule has 0 fully saturated rings. The predicted molar refractivity (Wildman–Crippen MR) is 76.3 cm³/mol. The Kier molecular flexibility index (Phi) is 4.58. The lowest BCUT2D eigenvalue weighted by molar-refractivity contribution is -0.138. The normalized spacial score (nSPS) is 10.9. The second-order valence-corrected chi connectivity index (χ2v) is 4.73. The van der Waals surface area contributed by atoms with Gasteiger partial charge in [0.1, 0.15) is 12.4 Å². The maximum absolute atomic E-state index is 11.6. The minimum absolute atomic E-state index is 0.158. The van der Waals surface area contributed by atoms with E-state index in [1.807, 2.05) is 19.1 Å². The molecule has 0 amide bonds. The number of hydrogen-bond acceptors (Lipinski definition) is 4. The third-order valence-corrected chi connectivity index (χ3v) is 3.07. The fraction of sp³-hybridized carbons (Fsp3) is 0.200. The molecule has 0 aliphatic heterocycles. The number of hydrogen-bond donors (Lipinski definition) is 0. The molecule has 5 heteroatoms. The fourth-order valence-electron chi connectivity index (χ4n) is 1.64. The molecule has 0 saturated carbocycles. The monoisotopic (exact) mass is 291 g/mol. The minimum atomic E-state index is -0.417. The molecule has 0 aliphatic rings. The van der Waals surface area contributed by atoms with Crippen molar-refractivity contribution in [1.82, 2.24) is 5.16 Å². The molecule has 0 saturated heterocycles. The van der Waals surface area contributed by atoms with Crippen LogP contribution in [0.15, 0.2) is 34.9 Å². The fourth-order valence-corrected chi connectivity index (χ4v) is 1.76. The van der Waals surface area contributed by atoms with Gasteiger partial charge in [-0.1, -0.05) is 28.9 Å². The summed E-state index contributed by atoms with van der Waals surface area (Å²) in [5.74, 6) is 0.247.